The van der Waals surface area contributed by atoms with Crippen molar-refractivity contribution >= 4 is 19.8 Å². The maximum absolute atomic E-state index is 12.8. The van der Waals surface area contributed by atoms with Crippen molar-refractivity contribution in [1.82, 2.24) is 0 Å². The molecule has 0 bridgehead atoms. The number of phosphoric acid groups is 1. The largest absolute Gasteiger partial charge is 0.472 e. The highest BCUT2D eigenvalue weighted by Crippen LogP contribution is 2.43. The van der Waals surface area contributed by atoms with Crippen LogP contribution in [0.1, 0.15) is 219 Å². The van der Waals surface area contributed by atoms with E-state index in [0.717, 1.165) is 167 Å². The third-order valence-corrected chi connectivity index (χ3v) is 13.9. The molecule has 0 radical (unpaired) electrons. The zero-order valence-corrected chi connectivity index (χ0v) is 54.4. The summed E-state index contributed by atoms with van der Waals surface area (Å²) >= 11 is 0. The van der Waals surface area contributed by atoms with Crippen LogP contribution in [-0.4, -0.2) is 74.9 Å². The van der Waals surface area contributed by atoms with Crippen LogP contribution in [0.5, 0.6) is 0 Å². The second kappa shape index (κ2) is 62.6. The first-order valence-electron chi connectivity index (χ1n) is 32.5. The molecular formula is C74H119NO8P+. The van der Waals surface area contributed by atoms with Crippen molar-refractivity contribution in [2.45, 2.75) is 225 Å². The molecule has 2 unspecified atom stereocenters. The van der Waals surface area contributed by atoms with Gasteiger partial charge in [-0.3, -0.25) is 18.6 Å². The minimum Gasteiger partial charge on any atom is -0.462 e. The van der Waals surface area contributed by atoms with Gasteiger partial charge in [-0.05, 0) is 135 Å². The fraction of sp³-hybridized carbons (Fsp3) is 0.568. The number of carbonyl (C=O) groups is 2. The summed E-state index contributed by atoms with van der Waals surface area (Å²) in [5.41, 5.74) is 0. The van der Waals surface area contributed by atoms with E-state index in [-0.39, 0.29) is 26.1 Å². The highest BCUT2D eigenvalue weighted by atomic mass is 31.2. The van der Waals surface area contributed by atoms with Crippen LogP contribution in [0.4, 0.5) is 0 Å². The van der Waals surface area contributed by atoms with E-state index in [1.165, 1.54) is 12.8 Å². The van der Waals surface area contributed by atoms with E-state index < -0.39 is 32.5 Å². The average Bonchev–Trinajstić information content (AvgIpc) is 3.61. The Morgan fingerprint density at radius 3 is 0.952 bits per heavy atom. The third kappa shape index (κ3) is 66.3. The van der Waals surface area contributed by atoms with Gasteiger partial charge in [0.05, 0.1) is 27.7 Å². The van der Waals surface area contributed by atoms with Crippen molar-refractivity contribution in [1.29, 1.82) is 0 Å². The zero-order valence-electron chi connectivity index (χ0n) is 53.6. The van der Waals surface area contributed by atoms with Gasteiger partial charge in [-0.15, -0.1) is 0 Å². The molecule has 0 fully saturated rings. The van der Waals surface area contributed by atoms with Crippen LogP contribution in [0.15, 0.2) is 182 Å². The van der Waals surface area contributed by atoms with E-state index in [9.17, 15) is 19.0 Å². The molecule has 10 heteroatoms. The average molecular weight is 1180 g/mol. The number of likely N-dealkylation sites (N-methyl/N-ethyl adjacent to an activating group) is 1. The van der Waals surface area contributed by atoms with Crippen molar-refractivity contribution in [3.05, 3.63) is 182 Å². The first-order chi connectivity index (χ1) is 41.0. The molecular weight excluding hydrogens is 1060 g/mol. The van der Waals surface area contributed by atoms with E-state index >= 15 is 0 Å². The summed E-state index contributed by atoms with van der Waals surface area (Å²) in [5, 5.41) is 0. The lowest BCUT2D eigenvalue weighted by Gasteiger charge is -2.24. The first-order valence-corrected chi connectivity index (χ1v) is 34.0. The lowest BCUT2D eigenvalue weighted by molar-refractivity contribution is -0.870. The summed E-state index contributed by atoms with van der Waals surface area (Å²) in [5.74, 6) is -0.841. The number of ether oxygens (including phenoxy) is 2. The molecule has 0 rings (SSSR count). The number of phosphoric ester groups is 1. The van der Waals surface area contributed by atoms with Gasteiger partial charge in [0.15, 0.2) is 6.10 Å². The molecule has 1 N–H and O–H groups in total. The Morgan fingerprint density at radius 2 is 0.643 bits per heavy atom. The smallest absolute Gasteiger partial charge is 0.462 e. The maximum atomic E-state index is 12.8. The summed E-state index contributed by atoms with van der Waals surface area (Å²) in [6.45, 7) is 4.15. The second-order valence-corrected chi connectivity index (χ2v) is 23.5. The Bertz CT molecular complexity index is 2070. The number of carbonyl (C=O) groups excluding carboxylic acids is 2. The molecule has 2 atom stereocenters. The molecule has 0 amide bonds. The molecule has 0 aromatic carbocycles. The van der Waals surface area contributed by atoms with Gasteiger partial charge in [0.25, 0.3) is 0 Å². The number of unbranched alkanes of at least 4 members (excludes halogenated alkanes) is 13. The predicted octanol–water partition coefficient (Wildman–Crippen LogP) is 21.1. The highest BCUT2D eigenvalue weighted by Gasteiger charge is 2.27. The highest BCUT2D eigenvalue weighted by molar-refractivity contribution is 7.47. The number of hydrogen-bond acceptors (Lipinski definition) is 7. The topological polar surface area (TPSA) is 108 Å². The van der Waals surface area contributed by atoms with Gasteiger partial charge in [0.1, 0.15) is 19.8 Å². The quantitative estimate of drug-likeness (QED) is 0.0211. The number of esters is 2. The van der Waals surface area contributed by atoms with Crippen molar-refractivity contribution in [2.75, 3.05) is 47.5 Å². The van der Waals surface area contributed by atoms with Crippen molar-refractivity contribution in [2.24, 2.45) is 0 Å². The Hall–Kier alpha value is -4.89. The second-order valence-electron chi connectivity index (χ2n) is 22.0. The van der Waals surface area contributed by atoms with E-state index in [1.807, 2.05) is 21.1 Å². The Morgan fingerprint density at radius 1 is 0.369 bits per heavy atom. The van der Waals surface area contributed by atoms with Gasteiger partial charge < -0.3 is 18.9 Å². The molecule has 0 aromatic heterocycles. The fourth-order valence-electron chi connectivity index (χ4n) is 8.01. The Kier molecular flexibility index (Phi) is 59.0. The summed E-state index contributed by atoms with van der Waals surface area (Å²) in [6.07, 6.45) is 96.9. The zero-order chi connectivity index (χ0) is 61.2. The molecule has 0 saturated heterocycles. The van der Waals surface area contributed by atoms with Crippen LogP contribution in [-0.2, 0) is 32.7 Å². The van der Waals surface area contributed by atoms with Crippen LogP contribution in [0.2, 0.25) is 0 Å². The van der Waals surface area contributed by atoms with Crippen molar-refractivity contribution < 1.29 is 42.1 Å². The molecule has 0 aliphatic heterocycles. The molecule has 0 saturated carbocycles. The minimum atomic E-state index is -4.41. The third-order valence-electron chi connectivity index (χ3n) is 12.9. The lowest BCUT2D eigenvalue weighted by Crippen LogP contribution is -2.37. The van der Waals surface area contributed by atoms with Gasteiger partial charge in [-0.25, -0.2) is 4.57 Å². The molecule has 84 heavy (non-hydrogen) atoms. The first kappa shape index (κ1) is 79.1. The molecule has 0 aliphatic carbocycles. The Balaban J connectivity index is 4.17. The number of quaternary nitrogens is 1. The molecule has 472 valence electrons. The van der Waals surface area contributed by atoms with Crippen molar-refractivity contribution in [3.8, 4) is 0 Å². The lowest BCUT2D eigenvalue weighted by atomic mass is 10.1. The van der Waals surface area contributed by atoms with Gasteiger partial charge >= 0.3 is 19.8 Å². The standard InChI is InChI=1S/C74H118NO8P/c1-6-8-10-12-14-16-18-20-22-24-26-27-28-29-30-31-32-33-34-35-36-37-38-39-40-41-42-43-44-45-46-47-49-51-53-55-57-59-61-63-65-67-74(77)83-72(71-82-84(78,79)81-69-68-75(3,4)5)70-80-73(76)66-64-62-60-58-56-54-52-50-48-25-23-21-19-17-15-13-11-9-7-2/h8-11,14-17,20-23,26-27,29-30,32-33,35-36,38-39,41-42,44-45,47-50,72H,6-7,12-13,18-19,24-25,28,31,34,37,40,43,46,51-71H2,1-5H3/p+1/b10-8-,11-9-,16-14-,17-15-,22-20-,23-21-,27-26-,30-29-,33-32-,36-35-,39-38-,42-41-,45-44-,49-47-,50-48-. The van der Waals surface area contributed by atoms with Gasteiger partial charge in [0, 0.05) is 12.8 Å². The molecule has 0 aromatic rings. The van der Waals surface area contributed by atoms with Crippen molar-refractivity contribution in [3.63, 3.8) is 0 Å². The fourth-order valence-corrected chi connectivity index (χ4v) is 8.75. The normalized spacial score (nSPS) is 14.4. The molecule has 0 aliphatic rings. The van der Waals surface area contributed by atoms with E-state index in [2.05, 4.69) is 196 Å². The maximum Gasteiger partial charge on any atom is 0.472 e. The van der Waals surface area contributed by atoms with Gasteiger partial charge in [-0.1, -0.05) is 254 Å². The van der Waals surface area contributed by atoms with E-state index in [0.29, 0.717) is 23.9 Å². The van der Waals surface area contributed by atoms with Crippen LogP contribution in [0.3, 0.4) is 0 Å². The number of hydrogen-bond donors (Lipinski definition) is 1. The summed E-state index contributed by atoms with van der Waals surface area (Å²) in [4.78, 5) is 35.8. The number of allylic oxidation sites excluding steroid dienone is 30. The summed E-state index contributed by atoms with van der Waals surface area (Å²) in [7, 11) is 1.43. The monoisotopic (exact) mass is 1180 g/mol. The van der Waals surface area contributed by atoms with E-state index in [4.69, 9.17) is 18.5 Å². The minimum absolute atomic E-state index is 0.0167. The number of nitrogens with zero attached hydrogens (tertiary/aromatic N) is 1. The van der Waals surface area contributed by atoms with Crippen LogP contribution in [0, 0.1) is 0 Å². The molecule has 0 spiro atoms. The van der Waals surface area contributed by atoms with E-state index in [1.54, 1.807) is 0 Å². The predicted molar refractivity (Wildman–Crippen MR) is 362 cm³/mol. The Labute approximate surface area is 514 Å². The number of rotatable bonds is 57. The molecule has 0 heterocycles. The molecule has 9 nitrogen and oxygen atoms in total. The van der Waals surface area contributed by atoms with Crippen LogP contribution >= 0.6 is 7.82 Å². The summed E-state index contributed by atoms with van der Waals surface area (Å²) in [6, 6.07) is 0. The SMILES string of the molecule is CC/C=C\C/C=C\C/C=C\C/C=C\C/C=C\C/C=C\C/C=C\C/C=C\C/C=C\C/C=C\C/C=C\CCCCCCCCCC(=O)OC(COC(=O)CCCCCCCC/C=C\C/C=C\C/C=C\C/C=C\CC)COP(=O)(O)OCC[N+](C)(C)C. The van der Waals surface area contributed by atoms with Gasteiger partial charge in [-0.2, -0.15) is 0 Å². The summed E-state index contributed by atoms with van der Waals surface area (Å²) < 4.78 is 34.6. The van der Waals surface area contributed by atoms with Crippen LogP contribution in [0.25, 0.3) is 0 Å². The van der Waals surface area contributed by atoms with Crippen LogP contribution < -0.4 is 0 Å². The van der Waals surface area contributed by atoms with Gasteiger partial charge in [0.2, 0.25) is 0 Å².